The van der Waals surface area contributed by atoms with Crippen LogP contribution in [0.15, 0.2) is 0 Å². The highest BCUT2D eigenvalue weighted by molar-refractivity contribution is 5.73. The molecule has 1 spiro atoms. The molecular weight excluding hydrogens is 210 g/mol. The number of rotatable bonds is 4. The van der Waals surface area contributed by atoms with Crippen molar-refractivity contribution >= 4 is 5.91 Å². The Morgan fingerprint density at radius 1 is 1.31 bits per heavy atom. The van der Waals surface area contributed by atoms with Gasteiger partial charge in [0.05, 0.1) is 25.9 Å². The third kappa shape index (κ3) is 2.93. The van der Waals surface area contributed by atoms with Gasteiger partial charge in [0, 0.05) is 19.3 Å². The topological polar surface area (TPSA) is 70.8 Å². The Labute approximate surface area is 95.2 Å². The van der Waals surface area contributed by atoms with Gasteiger partial charge in [0.1, 0.15) is 0 Å². The average Bonchev–Trinajstić information content (AvgIpc) is 2.70. The van der Waals surface area contributed by atoms with Gasteiger partial charge >= 0.3 is 0 Å². The van der Waals surface area contributed by atoms with Crippen LogP contribution in [0.2, 0.25) is 0 Å². The summed E-state index contributed by atoms with van der Waals surface area (Å²) in [5.41, 5.74) is 5.04. The van der Waals surface area contributed by atoms with Gasteiger partial charge in [-0.1, -0.05) is 0 Å². The van der Waals surface area contributed by atoms with Gasteiger partial charge in [0.15, 0.2) is 5.79 Å². The van der Waals surface area contributed by atoms with E-state index in [1.807, 2.05) is 0 Å². The molecule has 1 aliphatic heterocycles. The first-order chi connectivity index (χ1) is 7.70. The lowest BCUT2D eigenvalue weighted by molar-refractivity contribution is -0.191. The van der Waals surface area contributed by atoms with E-state index in [0.717, 1.165) is 25.7 Å². The fourth-order valence-corrected chi connectivity index (χ4v) is 2.31. The zero-order chi connectivity index (χ0) is 11.4. The Bertz CT molecular complexity index is 240. The fourth-order valence-electron chi connectivity index (χ4n) is 2.31. The summed E-state index contributed by atoms with van der Waals surface area (Å²) >= 11 is 0. The second kappa shape index (κ2) is 5.12. The van der Waals surface area contributed by atoms with Crippen LogP contribution in [-0.2, 0) is 19.0 Å². The molecule has 1 saturated heterocycles. The summed E-state index contributed by atoms with van der Waals surface area (Å²) in [6.07, 6.45) is 4.15. The molecule has 1 saturated carbocycles. The lowest BCUT2D eigenvalue weighted by Crippen LogP contribution is -2.37. The maximum absolute atomic E-state index is 10.5. The Kier molecular flexibility index (Phi) is 3.78. The van der Waals surface area contributed by atoms with Crippen molar-refractivity contribution in [3.05, 3.63) is 0 Å². The van der Waals surface area contributed by atoms with E-state index in [9.17, 15) is 4.79 Å². The third-order valence-electron chi connectivity index (χ3n) is 3.21. The number of amides is 1. The quantitative estimate of drug-likeness (QED) is 0.764. The maximum Gasteiger partial charge on any atom is 0.219 e. The van der Waals surface area contributed by atoms with Crippen LogP contribution < -0.4 is 5.73 Å². The van der Waals surface area contributed by atoms with Crippen LogP contribution in [-0.4, -0.2) is 37.6 Å². The largest absolute Gasteiger partial charge is 0.378 e. The molecule has 1 heterocycles. The van der Waals surface area contributed by atoms with Gasteiger partial charge in [0.2, 0.25) is 5.91 Å². The van der Waals surface area contributed by atoms with Gasteiger partial charge in [-0.25, -0.2) is 0 Å². The van der Waals surface area contributed by atoms with E-state index in [1.54, 1.807) is 0 Å². The van der Waals surface area contributed by atoms with Crippen molar-refractivity contribution in [3.63, 3.8) is 0 Å². The van der Waals surface area contributed by atoms with Gasteiger partial charge in [0.25, 0.3) is 0 Å². The SMILES string of the molecule is NC(=O)CCOC1CCC2(CC1)OCCO2. The molecule has 5 heteroatoms. The average molecular weight is 229 g/mol. The lowest BCUT2D eigenvalue weighted by atomic mass is 9.92. The van der Waals surface area contributed by atoms with E-state index in [1.165, 1.54) is 0 Å². The van der Waals surface area contributed by atoms with Crippen LogP contribution in [0.1, 0.15) is 32.1 Å². The Morgan fingerprint density at radius 2 is 1.94 bits per heavy atom. The van der Waals surface area contributed by atoms with Gasteiger partial charge in [-0.15, -0.1) is 0 Å². The summed E-state index contributed by atoms with van der Waals surface area (Å²) in [6, 6.07) is 0. The monoisotopic (exact) mass is 229 g/mol. The molecule has 0 atom stereocenters. The molecule has 16 heavy (non-hydrogen) atoms. The van der Waals surface area contributed by atoms with Crippen molar-refractivity contribution in [3.8, 4) is 0 Å². The third-order valence-corrected chi connectivity index (χ3v) is 3.21. The van der Waals surface area contributed by atoms with Crippen molar-refractivity contribution in [2.75, 3.05) is 19.8 Å². The Balaban J connectivity index is 1.67. The summed E-state index contributed by atoms with van der Waals surface area (Å²) in [5.74, 6) is -0.640. The minimum Gasteiger partial charge on any atom is -0.378 e. The zero-order valence-corrected chi connectivity index (χ0v) is 9.44. The molecular formula is C11H19NO4. The summed E-state index contributed by atoms with van der Waals surface area (Å²) in [7, 11) is 0. The van der Waals surface area contributed by atoms with Crippen LogP contribution in [0, 0.1) is 0 Å². The summed E-state index contributed by atoms with van der Waals surface area (Å²) < 4.78 is 16.8. The van der Waals surface area contributed by atoms with Crippen LogP contribution >= 0.6 is 0 Å². The molecule has 0 aromatic rings. The molecule has 0 aromatic carbocycles. The van der Waals surface area contributed by atoms with E-state index >= 15 is 0 Å². The highest BCUT2D eigenvalue weighted by Crippen LogP contribution is 2.36. The highest BCUT2D eigenvalue weighted by atomic mass is 16.7. The van der Waals surface area contributed by atoms with E-state index < -0.39 is 0 Å². The smallest absolute Gasteiger partial charge is 0.219 e. The molecule has 0 unspecified atom stereocenters. The molecule has 5 nitrogen and oxygen atoms in total. The first kappa shape index (κ1) is 11.8. The predicted molar refractivity (Wildman–Crippen MR) is 56.7 cm³/mol. The van der Waals surface area contributed by atoms with Crippen molar-refractivity contribution in [1.29, 1.82) is 0 Å². The minimum absolute atomic E-state index is 0.220. The number of ether oxygens (including phenoxy) is 3. The van der Waals surface area contributed by atoms with Crippen molar-refractivity contribution in [1.82, 2.24) is 0 Å². The lowest BCUT2D eigenvalue weighted by Gasteiger charge is -2.35. The van der Waals surface area contributed by atoms with E-state index in [2.05, 4.69) is 0 Å². The maximum atomic E-state index is 10.5. The van der Waals surface area contributed by atoms with Gasteiger partial charge < -0.3 is 19.9 Å². The van der Waals surface area contributed by atoms with Crippen LogP contribution in [0.25, 0.3) is 0 Å². The van der Waals surface area contributed by atoms with E-state index in [0.29, 0.717) is 26.2 Å². The molecule has 0 radical (unpaired) electrons. The van der Waals surface area contributed by atoms with Crippen molar-refractivity contribution in [2.45, 2.75) is 44.0 Å². The Morgan fingerprint density at radius 3 is 2.50 bits per heavy atom. The normalized spacial score (nSPS) is 25.0. The number of carbonyl (C=O) groups is 1. The second-order valence-electron chi connectivity index (χ2n) is 4.39. The zero-order valence-electron chi connectivity index (χ0n) is 9.44. The molecule has 1 amide bonds. The van der Waals surface area contributed by atoms with E-state index in [-0.39, 0.29) is 17.8 Å². The van der Waals surface area contributed by atoms with E-state index in [4.69, 9.17) is 19.9 Å². The van der Waals surface area contributed by atoms with Crippen LogP contribution in [0.3, 0.4) is 0 Å². The molecule has 2 aliphatic rings. The Hall–Kier alpha value is -0.650. The first-order valence-electron chi connectivity index (χ1n) is 5.88. The van der Waals surface area contributed by atoms with Crippen LogP contribution in [0.5, 0.6) is 0 Å². The molecule has 2 rings (SSSR count). The standard InChI is InChI=1S/C11H19NO4/c12-10(13)3-6-14-9-1-4-11(5-2-9)15-7-8-16-11/h9H,1-8H2,(H2,12,13). The van der Waals surface area contributed by atoms with Crippen LogP contribution in [0.4, 0.5) is 0 Å². The fraction of sp³-hybridized carbons (Fsp3) is 0.909. The molecule has 1 aliphatic carbocycles. The van der Waals surface area contributed by atoms with Gasteiger partial charge in [-0.2, -0.15) is 0 Å². The highest BCUT2D eigenvalue weighted by Gasteiger charge is 2.40. The number of hydrogen-bond donors (Lipinski definition) is 1. The number of hydrogen-bond acceptors (Lipinski definition) is 4. The van der Waals surface area contributed by atoms with Gasteiger partial charge in [-0.05, 0) is 12.8 Å². The number of nitrogens with two attached hydrogens (primary N) is 1. The molecule has 0 aromatic heterocycles. The molecule has 92 valence electrons. The summed E-state index contributed by atoms with van der Waals surface area (Å²) in [6.45, 7) is 1.83. The molecule has 2 N–H and O–H groups in total. The molecule has 2 fully saturated rings. The summed E-state index contributed by atoms with van der Waals surface area (Å²) in [4.78, 5) is 10.5. The first-order valence-corrected chi connectivity index (χ1v) is 5.88. The van der Waals surface area contributed by atoms with Crippen molar-refractivity contribution in [2.24, 2.45) is 5.73 Å². The van der Waals surface area contributed by atoms with Gasteiger partial charge in [-0.3, -0.25) is 4.79 Å². The number of carbonyl (C=O) groups excluding carboxylic acids is 1. The summed E-state index contributed by atoms with van der Waals surface area (Å²) in [5, 5.41) is 0. The predicted octanol–water partition coefficient (Wildman–Crippen LogP) is 0.564. The minimum atomic E-state index is -0.330. The second-order valence-corrected chi connectivity index (χ2v) is 4.39. The van der Waals surface area contributed by atoms with Crippen molar-refractivity contribution < 1.29 is 19.0 Å². The molecule has 0 bridgehead atoms. The number of primary amides is 1.